The van der Waals surface area contributed by atoms with Gasteiger partial charge in [0.25, 0.3) is 6.71 Å². The van der Waals surface area contributed by atoms with Crippen LogP contribution in [-0.2, 0) is 0 Å². The third-order valence-electron chi connectivity index (χ3n) is 12.2. The van der Waals surface area contributed by atoms with E-state index in [0.29, 0.717) is 5.92 Å². The molecule has 0 atom stereocenters. The van der Waals surface area contributed by atoms with E-state index in [1.165, 1.54) is 65.4 Å². The monoisotopic (exact) mass is 682 g/mol. The van der Waals surface area contributed by atoms with Crippen LogP contribution in [0.15, 0.2) is 154 Å². The van der Waals surface area contributed by atoms with E-state index in [1.54, 1.807) is 0 Å². The molecule has 0 unspecified atom stereocenters. The van der Waals surface area contributed by atoms with E-state index in [1.807, 2.05) is 0 Å². The van der Waals surface area contributed by atoms with Gasteiger partial charge in [0.2, 0.25) is 0 Å². The number of furan rings is 2. The van der Waals surface area contributed by atoms with E-state index >= 15 is 0 Å². The van der Waals surface area contributed by atoms with Crippen molar-refractivity contribution in [2.24, 2.45) is 0 Å². The number of para-hydroxylation sites is 4. The quantitative estimate of drug-likeness (QED) is 0.174. The second-order valence-corrected chi connectivity index (χ2v) is 15.0. The molecular formula is C48H35BN2O2. The van der Waals surface area contributed by atoms with Gasteiger partial charge in [0.05, 0.1) is 11.4 Å². The van der Waals surface area contributed by atoms with E-state index in [2.05, 4.69) is 155 Å². The molecule has 252 valence electrons. The number of benzene rings is 7. The Bertz CT molecular complexity index is 2720. The van der Waals surface area contributed by atoms with Crippen LogP contribution in [0.5, 0.6) is 0 Å². The van der Waals surface area contributed by atoms with Gasteiger partial charge in [-0.2, -0.15) is 0 Å². The van der Waals surface area contributed by atoms with Crippen molar-refractivity contribution in [1.29, 1.82) is 0 Å². The van der Waals surface area contributed by atoms with Crippen molar-refractivity contribution in [1.82, 2.24) is 0 Å². The second kappa shape index (κ2) is 11.2. The lowest BCUT2D eigenvalue weighted by atomic mass is 9.33. The summed E-state index contributed by atoms with van der Waals surface area (Å²) < 4.78 is 13.8. The van der Waals surface area contributed by atoms with Gasteiger partial charge in [-0.05, 0) is 89.2 Å². The van der Waals surface area contributed by atoms with Crippen molar-refractivity contribution in [3.63, 3.8) is 0 Å². The molecule has 9 aromatic rings. The van der Waals surface area contributed by atoms with Crippen LogP contribution in [0, 0.1) is 0 Å². The molecule has 0 radical (unpaired) electrons. The molecule has 0 spiro atoms. The van der Waals surface area contributed by atoms with E-state index in [9.17, 15) is 0 Å². The highest BCUT2D eigenvalue weighted by Crippen LogP contribution is 2.50. The lowest BCUT2D eigenvalue weighted by molar-refractivity contribution is 0.444. The first-order chi connectivity index (χ1) is 26.3. The van der Waals surface area contributed by atoms with Gasteiger partial charge in [-0.25, -0.2) is 0 Å². The highest BCUT2D eigenvalue weighted by molar-refractivity contribution is 7.00. The van der Waals surface area contributed by atoms with Crippen LogP contribution >= 0.6 is 0 Å². The van der Waals surface area contributed by atoms with Gasteiger partial charge in [0.15, 0.2) is 11.2 Å². The summed E-state index contributed by atoms with van der Waals surface area (Å²) in [5, 5.41) is 4.57. The van der Waals surface area contributed by atoms with Gasteiger partial charge < -0.3 is 18.6 Å². The Morgan fingerprint density at radius 2 is 0.943 bits per heavy atom. The fourth-order valence-corrected chi connectivity index (χ4v) is 9.90. The normalized spacial score (nSPS) is 15.4. The average Bonchev–Trinajstić information content (AvgIpc) is 3.80. The predicted molar refractivity (Wildman–Crippen MR) is 221 cm³/mol. The first-order valence-corrected chi connectivity index (χ1v) is 19.1. The molecule has 53 heavy (non-hydrogen) atoms. The Hall–Kier alpha value is -6.20. The van der Waals surface area contributed by atoms with Crippen molar-refractivity contribution in [3.05, 3.63) is 151 Å². The minimum absolute atomic E-state index is 0.0412. The number of hydrogen-bond acceptors (Lipinski definition) is 4. The van der Waals surface area contributed by atoms with Crippen molar-refractivity contribution in [2.75, 3.05) is 9.80 Å². The Morgan fingerprint density at radius 1 is 0.472 bits per heavy atom. The molecular weight excluding hydrogens is 647 g/mol. The zero-order chi connectivity index (χ0) is 34.6. The summed E-state index contributed by atoms with van der Waals surface area (Å²) in [7, 11) is 0. The van der Waals surface area contributed by atoms with Crippen LogP contribution in [0.25, 0.3) is 43.9 Å². The van der Waals surface area contributed by atoms with Crippen molar-refractivity contribution < 1.29 is 8.83 Å². The lowest BCUT2D eigenvalue weighted by Gasteiger charge is -2.44. The number of anilines is 6. The van der Waals surface area contributed by atoms with E-state index < -0.39 is 0 Å². The zero-order valence-corrected chi connectivity index (χ0v) is 29.3. The standard InChI is InChI=1S/C48H35BN2O2/c1-4-14-30(15-5-1)31-28-40-44-41(29-31)51(33-18-8-3-9-19-33)46-39(27-25-37-35-21-11-13-23-43(35)53-48(37)46)49(44)38-26-24-36-34-20-10-12-22-42(34)52-47(36)45(38)50(40)32-16-6-2-7-17-32/h2-3,6-13,16-30H,1,4-5,14-15H2. The maximum Gasteiger partial charge on any atom is 0.252 e. The van der Waals surface area contributed by atoms with Gasteiger partial charge in [-0.15, -0.1) is 0 Å². The van der Waals surface area contributed by atoms with Crippen molar-refractivity contribution in [3.8, 4) is 0 Å². The first-order valence-electron chi connectivity index (χ1n) is 19.1. The molecule has 0 saturated heterocycles. The smallest absolute Gasteiger partial charge is 0.252 e. The van der Waals surface area contributed by atoms with Gasteiger partial charge in [0, 0.05) is 44.3 Å². The lowest BCUT2D eigenvalue weighted by Crippen LogP contribution is -2.61. The molecule has 4 heterocycles. The van der Waals surface area contributed by atoms with Crippen LogP contribution in [0.4, 0.5) is 34.1 Å². The molecule has 7 aromatic carbocycles. The fourth-order valence-electron chi connectivity index (χ4n) is 9.90. The van der Waals surface area contributed by atoms with Crippen molar-refractivity contribution >= 4 is 101 Å². The molecule has 0 bridgehead atoms. The number of hydrogen-bond donors (Lipinski definition) is 0. The third-order valence-corrected chi connectivity index (χ3v) is 12.2. The number of fused-ring (bicyclic) bond motifs is 12. The van der Waals surface area contributed by atoms with Gasteiger partial charge in [0.1, 0.15) is 11.2 Å². The fraction of sp³-hybridized carbons (Fsp3) is 0.125. The molecule has 12 rings (SSSR count). The summed E-state index contributed by atoms with van der Waals surface area (Å²) in [5.41, 5.74) is 15.9. The summed E-state index contributed by atoms with van der Waals surface area (Å²) in [6, 6.07) is 53.1. The zero-order valence-electron chi connectivity index (χ0n) is 29.3. The minimum Gasteiger partial charge on any atom is -0.454 e. The Morgan fingerprint density at radius 3 is 1.45 bits per heavy atom. The molecule has 2 aliphatic heterocycles. The average molecular weight is 683 g/mol. The van der Waals surface area contributed by atoms with E-state index in [0.717, 1.165) is 66.6 Å². The minimum atomic E-state index is -0.0412. The summed E-state index contributed by atoms with van der Waals surface area (Å²) in [4.78, 5) is 5.02. The van der Waals surface area contributed by atoms with E-state index in [-0.39, 0.29) is 6.71 Å². The summed E-state index contributed by atoms with van der Waals surface area (Å²) in [6.07, 6.45) is 6.29. The number of nitrogens with zero attached hydrogens (tertiary/aromatic N) is 2. The topological polar surface area (TPSA) is 32.8 Å². The number of rotatable bonds is 3. The molecule has 3 aliphatic rings. The van der Waals surface area contributed by atoms with Crippen LogP contribution in [0.2, 0.25) is 0 Å². The molecule has 1 aliphatic carbocycles. The first kappa shape index (κ1) is 29.4. The summed E-state index contributed by atoms with van der Waals surface area (Å²) in [5.74, 6) is 0.505. The van der Waals surface area contributed by atoms with E-state index in [4.69, 9.17) is 8.83 Å². The maximum absolute atomic E-state index is 6.92. The summed E-state index contributed by atoms with van der Waals surface area (Å²) in [6.45, 7) is -0.0412. The molecule has 1 fully saturated rings. The molecule has 4 nitrogen and oxygen atoms in total. The van der Waals surface area contributed by atoms with Gasteiger partial charge >= 0.3 is 0 Å². The van der Waals surface area contributed by atoms with Crippen molar-refractivity contribution in [2.45, 2.75) is 38.0 Å². The summed E-state index contributed by atoms with van der Waals surface area (Å²) >= 11 is 0. The molecule has 2 aromatic heterocycles. The van der Waals surface area contributed by atoms with Gasteiger partial charge in [-0.1, -0.05) is 116 Å². The maximum atomic E-state index is 6.92. The molecule has 0 N–H and O–H groups in total. The molecule has 0 amide bonds. The predicted octanol–water partition coefficient (Wildman–Crippen LogP) is 11.6. The molecule has 1 saturated carbocycles. The van der Waals surface area contributed by atoms with Gasteiger partial charge in [-0.3, -0.25) is 0 Å². The largest absolute Gasteiger partial charge is 0.454 e. The van der Waals surface area contributed by atoms with Crippen LogP contribution in [0.3, 0.4) is 0 Å². The second-order valence-electron chi connectivity index (χ2n) is 15.0. The Labute approximate surface area is 307 Å². The van der Waals surface area contributed by atoms with Crippen LogP contribution < -0.4 is 26.2 Å². The third kappa shape index (κ3) is 4.13. The Balaban J connectivity index is 1.26. The SMILES string of the molecule is c1ccc(N2c3cc(C4CCCCC4)cc4c3B(c3ccc5c(oc6ccccc65)c32)c2ccc3c(oc5ccccc53)c2N4c2ccccc2)cc1. The molecule has 5 heteroatoms. The Kier molecular flexibility index (Phi) is 6.18. The van der Waals surface area contributed by atoms with Crippen LogP contribution in [0.1, 0.15) is 43.6 Å². The highest BCUT2D eigenvalue weighted by atomic mass is 16.3. The highest BCUT2D eigenvalue weighted by Gasteiger charge is 2.46. The van der Waals surface area contributed by atoms with Crippen LogP contribution in [-0.4, -0.2) is 6.71 Å².